The third-order valence-corrected chi connectivity index (χ3v) is 3.79. The monoisotopic (exact) mass is 269 g/mol. The van der Waals surface area contributed by atoms with Gasteiger partial charge in [0.2, 0.25) is 6.79 Å². The van der Waals surface area contributed by atoms with E-state index in [0.717, 1.165) is 17.2 Å². The molecule has 1 aliphatic rings. The minimum Gasteiger partial charge on any atom is -0.454 e. The van der Waals surface area contributed by atoms with Gasteiger partial charge in [0.05, 0.1) is 0 Å². The van der Waals surface area contributed by atoms with E-state index in [1.807, 2.05) is 18.2 Å². The highest BCUT2D eigenvalue weighted by Gasteiger charge is 2.14. The van der Waals surface area contributed by atoms with Gasteiger partial charge in [-0.05, 0) is 49.6 Å². The second-order valence-corrected chi connectivity index (χ2v) is 5.28. The lowest BCUT2D eigenvalue weighted by Gasteiger charge is -2.17. The van der Waals surface area contributed by atoms with Crippen LogP contribution in [0.4, 0.5) is 5.69 Å². The highest BCUT2D eigenvalue weighted by Crippen LogP contribution is 2.35. The zero-order valence-electron chi connectivity index (χ0n) is 12.1. The zero-order valence-corrected chi connectivity index (χ0v) is 12.1. The van der Waals surface area contributed by atoms with E-state index < -0.39 is 0 Å². The largest absolute Gasteiger partial charge is 0.454 e. The van der Waals surface area contributed by atoms with E-state index >= 15 is 0 Å². The highest BCUT2D eigenvalue weighted by atomic mass is 16.7. The molecular formula is C17H19NO2. The molecular weight excluding hydrogens is 250 g/mol. The minimum atomic E-state index is 0.245. The Balaban J connectivity index is 1.78. The summed E-state index contributed by atoms with van der Waals surface area (Å²) >= 11 is 0. The first-order chi connectivity index (χ1) is 9.63. The van der Waals surface area contributed by atoms with Crippen molar-refractivity contribution in [3.05, 3.63) is 53.1 Å². The van der Waals surface area contributed by atoms with Gasteiger partial charge in [0.1, 0.15) is 0 Å². The molecule has 0 aromatic heterocycles. The van der Waals surface area contributed by atoms with Crippen molar-refractivity contribution in [3.63, 3.8) is 0 Å². The average molecular weight is 269 g/mol. The van der Waals surface area contributed by atoms with Crippen molar-refractivity contribution in [3.8, 4) is 11.5 Å². The molecule has 0 aliphatic carbocycles. The molecule has 0 radical (unpaired) electrons. The van der Waals surface area contributed by atoms with E-state index in [1.54, 1.807) is 0 Å². The van der Waals surface area contributed by atoms with Crippen molar-refractivity contribution >= 4 is 5.69 Å². The van der Waals surface area contributed by atoms with E-state index in [-0.39, 0.29) is 6.04 Å². The van der Waals surface area contributed by atoms with Crippen molar-refractivity contribution in [2.24, 2.45) is 0 Å². The summed E-state index contributed by atoms with van der Waals surface area (Å²) in [5.74, 6) is 1.62. The second kappa shape index (κ2) is 5.08. The summed E-state index contributed by atoms with van der Waals surface area (Å²) < 4.78 is 10.7. The van der Waals surface area contributed by atoms with Crippen LogP contribution in [0.15, 0.2) is 36.4 Å². The molecule has 20 heavy (non-hydrogen) atoms. The number of rotatable bonds is 3. The van der Waals surface area contributed by atoms with Crippen LogP contribution < -0.4 is 14.8 Å². The third-order valence-electron chi connectivity index (χ3n) is 3.79. The van der Waals surface area contributed by atoms with Crippen LogP contribution in [0.2, 0.25) is 0 Å². The Bertz CT molecular complexity index is 637. The summed E-state index contributed by atoms with van der Waals surface area (Å²) in [6, 6.07) is 12.8. The second-order valence-electron chi connectivity index (χ2n) is 5.28. The van der Waals surface area contributed by atoms with Crippen LogP contribution in [0.3, 0.4) is 0 Å². The number of hydrogen-bond acceptors (Lipinski definition) is 3. The van der Waals surface area contributed by atoms with Gasteiger partial charge in [0, 0.05) is 17.8 Å². The summed E-state index contributed by atoms with van der Waals surface area (Å²) in [5.41, 5.74) is 4.97. The zero-order chi connectivity index (χ0) is 14.1. The van der Waals surface area contributed by atoms with Crippen molar-refractivity contribution in [2.45, 2.75) is 26.8 Å². The van der Waals surface area contributed by atoms with Crippen molar-refractivity contribution in [1.82, 2.24) is 0 Å². The summed E-state index contributed by atoms with van der Waals surface area (Å²) in [5, 5.41) is 3.50. The van der Waals surface area contributed by atoms with E-state index in [0.29, 0.717) is 6.79 Å². The Hall–Kier alpha value is -2.16. The molecule has 0 saturated carbocycles. The average Bonchev–Trinajstić information content (AvgIpc) is 2.89. The van der Waals surface area contributed by atoms with Gasteiger partial charge in [-0.15, -0.1) is 0 Å². The molecule has 0 fully saturated rings. The molecule has 104 valence electrons. The maximum atomic E-state index is 5.40. The molecule has 0 bridgehead atoms. The van der Waals surface area contributed by atoms with Gasteiger partial charge in [-0.3, -0.25) is 0 Å². The van der Waals surface area contributed by atoms with Crippen LogP contribution >= 0.6 is 0 Å². The molecule has 1 heterocycles. The predicted octanol–water partition coefficient (Wildman–Crippen LogP) is 4.21. The fourth-order valence-corrected chi connectivity index (χ4v) is 2.35. The van der Waals surface area contributed by atoms with Crippen LogP contribution in [-0.4, -0.2) is 6.79 Å². The topological polar surface area (TPSA) is 30.5 Å². The molecule has 3 rings (SSSR count). The van der Waals surface area contributed by atoms with E-state index in [9.17, 15) is 0 Å². The lowest BCUT2D eigenvalue weighted by molar-refractivity contribution is 0.174. The highest BCUT2D eigenvalue weighted by molar-refractivity contribution is 5.56. The standard InChI is InChI=1S/C17H19NO2/c1-11-4-5-14(8-12(11)2)13(3)18-15-6-7-16-17(9-15)20-10-19-16/h4-9,13,18H,10H2,1-3H3. The molecule has 0 spiro atoms. The van der Waals surface area contributed by atoms with E-state index in [4.69, 9.17) is 9.47 Å². The summed E-state index contributed by atoms with van der Waals surface area (Å²) in [7, 11) is 0. The number of fused-ring (bicyclic) bond motifs is 1. The first-order valence-corrected chi connectivity index (χ1v) is 6.87. The van der Waals surface area contributed by atoms with Gasteiger partial charge in [-0.1, -0.05) is 18.2 Å². The molecule has 3 heteroatoms. The first kappa shape index (κ1) is 12.9. The molecule has 0 amide bonds. The van der Waals surface area contributed by atoms with Gasteiger partial charge < -0.3 is 14.8 Å². The van der Waals surface area contributed by atoms with Crippen LogP contribution in [0.5, 0.6) is 11.5 Å². The number of ether oxygens (including phenoxy) is 2. The Morgan fingerprint density at radius 1 is 0.950 bits per heavy atom. The molecule has 1 atom stereocenters. The third kappa shape index (κ3) is 2.44. The molecule has 2 aromatic rings. The van der Waals surface area contributed by atoms with Crippen LogP contribution in [0.1, 0.15) is 29.7 Å². The predicted molar refractivity (Wildman–Crippen MR) is 80.5 cm³/mol. The fraction of sp³-hybridized carbons (Fsp3) is 0.294. The Morgan fingerprint density at radius 2 is 1.75 bits per heavy atom. The molecule has 1 N–H and O–H groups in total. The van der Waals surface area contributed by atoms with Crippen LogP contribution in [0, 0.1) is 13.8 Å². The fourth-order valence-electron chi connectivity index (χ4n) is 2.35. The number of aryl methyl sites for hydroxylation is 2. The first-order valence-electron chi connectivity index (χ1n) is 6.87. The SMILES string of the molecule is Cc1ccc(C(C)Nc2ccc3c(c2)OCO3)cc1C. The Labute approximate surface area is 119 Å². The van der Waals surface area contributed by atoms with Crippen LogP contribution in [-0.2, 0) is 0 Å². The van der Waals surface area contributed by atoms with Gasteiger partial charge in [-0.25, -0.2) is 0 Å². The number of benzene rings is 2. The maximum Gasteiger partial charge on any atom is 0.231 e. The van der Waals surface area contributed by atoms with E-state index in [2.05, 4.69) is 44.3 Å². The molecule has 1 unspecified atom stereocenters. The molecule has 1 aliphatic heterocycles. The van der Waals surface area contributed by atoms with Crippen molar-refractivity contribution in [2.75, 3.05) is 12.1 Å². The van der Waals surface area contributed by atoms with Crippen molar-refractivity contribution < 1.29 is 9.47 Å². The molecule has 2 aromatic carbocycles. The van der Waals surface area contributed by atoms with E-state index in [1.165, 1.54) is 16.7 Å². The smallest absolute Gasteiger partial charge is 0.231 e. The summed E-state index contributed by atoms with van der Waals surface area (Å²) in [6.45, 7) is 6.75. The number of hydrogen-bond donors (Lipinski definition) is 1. The van der Waals surface area contributed by atoms with Gasteiger partial charge in [0.15, 0.2) is 11.5 Å². The summed E-state index contributed by atoms with van der Waals surface area (Å²) in [6.07, 6.45) is 0. The number of anilines is 1. The Kier molecular flexibility index (Phi) is 3.26. The van der Waals surface area contributed by atoms with Crippen molar-refractivity contribution in [1.29, 1.82) is 0 Å². The quantitative estimate of drug-likeness (QED) is 0.905. The summed E-state index contributed by atoms with van der Waals surface area (Å²) in [4.78, 5) is 0. The normalized spacial score (nSPS) is 14.2. The van der Waals surface area contributed by atoms with Gasteiger partial charge in [-0.2, -0.15) is 0 Å². The Morgan fingerprint density at radius 3 is 2.55 bits per heavy atom. The van der Waals surface area contributed by atoms with Gasteiger partial charge in [0.25, 0.3) is 0 Å². The number of nitrogens with one attached hydrogen (secondary N) is 1. The maximum absolute atomic E-state index is 5.40. The minimum absolute atomic E-state index is 0.245. The molecule has 3 nitrogen and oxygen atoms in total. The van der Waals surface area contributed by atoms with Gasteiger partial charge >= 0.3 is 0 Å². The van der Waals surface area contributed by atoms with Crippen LogP contribution in [0.25, 0.3) is 0 Å². The molecule has 0 saturated heterocycles. The lowest BCUT2D eigenvalue weighted by atomic mass is 10.0. The lowest BCUT2D eigenvalue weighted by Crippen LogP contribution is -2.07.